The van der Waals surface area contributed by atoms with Crippen molar-refractivity contribution < 1.29 is 19.1 Å². The molecule has 8 heteroatoms. The van der Waals surface area contributed by atoms with Gasteiger partial charge in [0.05, 0.1) is 28.5 Å². The number of amides is 1. The minimum absolute atomic E-state index is 0.00717. The number of benzene rings is 1. The summed E-state index contributed by atoms with van der Waals surface area (Å²) in [6.45, 7) is 0.0348. The van der Waals surface area contributed by atoms with E-state index in [0.29, 0.717) is 11.4 Å². The molecule has 2 aromatic rings. The van der Waals surface area contributed by atoms with Crippen LogP contribution in [0.1, 0.15) is 26.5 Å². The lowest BCUT2D eigenvalue weighted by atomic mass is 10.1. The highest BCUT2D eigenvalue weighted by Gasteiger charge is 2.30. The monoisotopic (exact) mass is 309 g/mol. The SMILES string of the molecule is CN1Cc2c(C(=O)O)ncn2-c2ccc(F)c(Cl)c2C1=O. The van der Waals surface area contributed by atoms with Gasteiger partial charge in [0.2, 0.25) is 0 Å². The van der Waals surface area contributed by atoms with Crippen molar-refractivity contribution in [2.75, 3.05) is 7.05 Å². The zero-order chi connectivity index (χ0) is 15.3. The third-order valence-corrected chi connectivity index (χ3v) is 3.72. The van der Waals surface area contributed by atoms with Crippen LogP contribution in [0.25, 0.3) is 5.69 Å². The molecule has 21 heavy (non-hydrogen) atoms. The average Bonchev–Trinajstić information content (AvgIpc) is 2.80. The Morgan fingerprint density at radius 2 is 2.19 bits per heavy atom. The number of aromatic carboxylic acids is 1. The molecule has 0 saturated heterocycles. The molecule has 0 radical (unpaired) electrons. The molecule has 0 bridgehead atoms. The lowest BCUT2D eigenvalue weighted by Gasteiger charge is -2.15. The Balaban J connectivity index is 2.36. The first-order valence-electron chi connectivity index (χ1n) is 5.95. The Kier molecular flexibility index (Phi) is 2.94. The number of carbonyl (C=O) groups excluding carboxylic acids is 1. The number of aromatic nitrogens is 2. The fraction of sp³-hybridized carbons (Fsp3) is 0.154. The van der Waals surface area contributed by atoms with E-state index < -0.39 is 17.7 Å². The Morgan fingerprint density at radius 3 is 2.86 bits per heavy atom. The maximum atomic E-state index is 13.6. The predicted octanol–water partition coefficient (Wildman–Crippen LogP) is 1.95. The van der Waals surface area contributed by atoms with Gasteiger partial charge in [-0.1, -0.05) is 11.6 Å². The van der Waals surface area contributed by atoms with Crippen LogP contribution in [-0.2, 0) is 6.54 Å². The van der Waals surface area contributed by atoms with Crippen molar-refractivity contribution in [1.82, 2.24) is 14.5 Å². The van der Waals surface area contributed by atoms with Crippen LogP contribution in [0.4, 0.5) is 4.39 Å². The predicted molar refractivity (Wildman–Crippen MR) is 71.3 cm³/mol. The molecule has 0 aliphatic carbocycles. The highest BCUT2D eigenvalue weighted by molar-refractivity contribution is 6.34. The second-order valence-corrected chi connectivity index (χ2v) is 5.01. The molecule has 0 fully saturated rings. The van der Waals surface area contributed by atoms with Crippen molar-refractivity contribution >= 4 is 23.5 Å². The van der Waals surface area contributed by atoms with Crippen LogP contribution in [0.3, 0.4) is 0 Å². The van der Waals surface area contributed by atoms with Crippen LogP contribution in [0.15, 0.2) is 18.5 Å². The van der Waals surface area contributed by atoms with E-state index in [0.717, 1.165) is 6.07 Å². The Morgan fingerprint density at radius 1 is 1.48 bits per heavy atom. The van der Waals surface area contributed by atoms with Crippen molar-refractivity contribution in [2.45, 2.75) is 6.54 Å². The Hall–Kier alpha value is -2.41. The fourth-order valence-corrected chi connectivity index (χ4v) is 2.58. The maximum absolute atomic E-state index is 13.6. The van der Waals surface area contributed by atoms with Crippen molar-refractivity contribution in [3.05, 3.63) is 46.3 Å². The molecule has 1 aromatic heterocycles. The Labute approximate surface area is 123 Å². The third kappa shape index (κ3) is 1.89. The summed E-state index contributed by atoms with van der Waals surface area (Å²) in [5.74, 6) is -2.38. The highest BCUT2D eigenvalue weighted by atomic mass is 35.5. The number of carbonyl (C=O) groups is 2. The number of hydrogen-bond acceptors (Lipinski definition) is 3. The first kappa shape index (κ1) is 13.6. The van der Waals surface area contributed by atoms with E-state index in [1.807, 2.05) is 0 Å². The molecular formula is C13H9ClFN3O3. The largest absolute Gasteiger partial charge is 0.476 e. The molecule has 108 valence electrons. The van der Waals surface area contributed by atoms with Gasteiger partial charge in [0.25, 0.3) is 5.91 Å². The quantitative estimate of drug-likeness (QED) is 0.873. The fourth-order valence-electron chi connectivity index (χ4n) is 2.34. The van der Waals surface area contributed by atoms with Gasteiger partial charge in [-0.2, -0.15) is 0 Å². The van der Waals surface area contributed by atoms with Crippen molar-refractivity contribution in [2.24, 2.45) is 0 Å². The summed E-state index contributed by atoms with van der Waals surface area (Å²) < 4.78 is 15.1. The molecule has 1 N–H and O–H groups in total. The van der Waals surface area contributed by atoms with Crippen LogP contribution < -0.4 is 0 Å². The molecule has 1 aliphatic rings. The lowest BCUT2D eigenvalue weighted by molar-refractivity contribution is 0.0683. The van der Waals surface area contributed by atoms with Crippen LogP contribution in [-0.4, -0.2) is 38.5 Å². The van der Waals surface area contributed by atoms with Gasteiger partial charge in [-0.15, -0.1) is 0 Å². The maximum Gasteiger partial charge on any atom is 0.356 e. The first-order chi connectivity index (χ1) is 9.91. The topological polar surface area (TPSA) is 75.4 Å². The minimum Gasteiger partial charge on any atom is -0.476 e. The van der Waals surface area contributed by atoms with Gasteiger partial charge in [-0.05, 0) is 12.1 Å². The molecule has 2 heterocycles. The number of imidazole rings is 1. The van der Waals surface area contributed by atoms with E-state index in [1.54, 1.807) is 0 Å². The van der Waals surface area contributed by atoms with Crippen LogP contribution in [0.2, 0.25) is 5.02 Å². The van der Waals surface area contributed by atoms with Gasteiger partial charge in [0.1, 0.15) is 12.1 Å². The molecule has 0 saturated carbocycles. The summed E-state index contributed by atoms with van der Waals surface area (Å²) in [5.41, 5.74) is 0.487. The molecule has 0 unspecified atom stereocenters. The standard InChI is InChI=1S/C13H9ClFN3O3/c1-17-4-8-11(13(20)21)16-5-18(8)7-3-2-6(15)10(14)9(7)12(17)19/h2-3,5H,4H2,1H3,(H,20,21). The normalized spacial score (nSPS) is 13.7. The minimum atomic E-state index is -1.19. The molecule has 1 amide bonds. The second-order valence-electron chi connectivity index (χ2n) is 4.63. The van der Waals surface area contributed by atoms with E-state index in [-0.39, 0.29) is 22.8 Å². The van der Waals surface area contributed by atoms with E-state index in [1.165, 1.54) is 28.9 Å². The summed E-state index contributed by atoms with van der Waals surface area (Å²) in [5, 5.41) is 8.87. The number of carboxylic acids is 1. The van der Waals surface area contributed by atoms with Crippen molar-refractivity contribution in [3.8, 4) is 5.69 Å². The number of hydrogen-bond donors (Lipinski definition) is 1. The summed E-state index contributed by atoms with van der Waals surface area (Å²) in [6.07, 6.45) is 1.29. The summed E-state index contributed by atoms with van der Waals surface area (Å²) in [7, 11) is 1.49. The molecular weight excluding hydrogens is 301 g/mol. The molecule has 1 aliphatic heterocycles. The number of nitrogens with zero attached hydrogens (tertiary/aromatic N) is 3. The zero-order valence-electron chi connectivity index (χ0n) is 10.8. The van der Waals surface area contributed by atoms with Crippen LogP contribution >= 0.6 is 11.6 Å². The lowest BCUT2D eigenvalue weighted by Crippen LogP contribution is -2.26. The summed E-state index contributed by atoms with van der Waals surface area (Å²) in [6, 6.07) is 2.51. The van der Waals surface area contributed by atoms with Gasteiger partial charge in [-0.25, -0.2) is 14.2 Å². The highest BCUT2D eigenvalue weighted by Crippen LogP contribution is 2.31. The molecule has 0 atom stereocenters. The third-order valence-electron chi connectivity index (χ3n) is 3.35. The van der Waals surface area contributed by atoms with Gasteiger partial charge in [0, 0.05) is 7.05 Å². The van der Waals surface area contributed by atoms with Gasteiger partial charge >= 0.3 is 5.97 Å². The van der Waals surface area contributed by atoms with E-state index in [9.17, 15) is 14.0 Å². The van der Waals surface area contributed by atoms with Gasteiger partial charge in [0.15, 0.2) is 5.69 Å². The second kappa shape index (κ2) is 4.56. The van der Waals surface area contributed by atoms with E-state index in [4.69, 9.17) is 16.7 Å². The number of rotatable bonds is 1. The van der Waals surface area contributed by atoms with Crippen molar-refractivity contribution in [1.29, 1.82) is 0 Å². The average molecular weight is 310 g/mol. The summed E-state index contributed by atoms with van der Waals surface area (Å²) >= 11 is 5.91. The van der Waals surface area contributed by atoms with Crippen molar-refractivity contribution in [3.63, 3.8) is 0 Å². The molecule has 3 rings (SSSR count). The van der Waals surface area contributed by atoms with E-state index in [2.05, 4.69) is 4.98 Å². The smallest absolute Gasteiger partial charge is 0.356 e. The molecule has 0 spiro atoms. The molecule has 1 aromatic carbocycles. The number of carboxylic acid groups (broad SMARTS) is 1. The van der Waals surface area contributed by atoms with Crippen LogP contribution in [0, 0.1) is 5.82 Å². The van der Waals surface area contributed by atoms with Crippen LogP contribution in [0.5, 0.6) is 0 Å². The summed E-state index contributed by atoms with van der Waals surface area (Å²) in [4.78, 5) is 28.7. The zero-order valence-corrected chi connectivity index (χ0v) is 11.6. The molecule has 6 nitrogen and oxygen atoms in total. The van der Waals surface area contributed by atoms with Gasteiger partial charge < -0.3 is 10.0 Å². The van der Waals surface area contributed by atoms with E-state index >= 15 is 0 Å². The number of halogens is 2. The number of fused-ring (bicyclic) bond motifs is 3. The first-order valence-corrected chi connectivity index (χ1v) is 6.33. The van der Waals surface area contributed by atoms with Gasteiger partial charge in [-0.3, -0.25) is 9.36 Å². The Bertz CT molecular complexity index is 787.